The van der Waals surface area contributed by atoms with E-state index in [4.69, 9.17) is 0 Å². The minimum Gasteiger partial charge on any atom is -0.364 e. The van der Waals surface area contributed by atoms with E-state index in [1.807, 2.05) is 27.9 Å². The van der Waals surface area contributed by atoms with E-state index in [1.54, 1.807) is 11.6 Å². The highest BCUT2D eigenvalue weighted by Gasteiger charge is 2.28. The lowest BCUT2D eigenvalue weighted by atomic mass is 9.93. The number of hydrogen-bond acceptors (Lipinski definition) is 5. The number of aryl methyl sites for hydroxylation is 1. The van der Waals surface area contributed by atoms with Gasteiger partial charge in [-0.05, 0) is 40.3 Å². The molecule has 0 aliphatic carbocycles. The average Bonchev–Trinajstić information content (AvgIpc) is 2.62. The third-order valence-corrected chi connectivity index (χ3v) is 3.20. The number of nitrogens with zero attached hydrogens (tertiary/aromatic N) is 4. The molecule has 120 valence electrons. The molecule has 7 heteroatoms. The van der Waals surface area contributed by atoms with Crippen molar-refractivity contribution in [2.75, 3.05) is 32.5 Å². The van der Waals surface area contributed by atoms with Gasteiger partial charge in [-0.1, -0.05) is 13.8 Å². The normalized spacial score (nSPS) is 12.2. The molecule has 1 aromatic rings. The summed E-state index contributed by atoms with van der Waals surface area (Å²) >= 11 is 0. The molecule has 0 bridgehead atoms. The molecule has 21 heavy (non-hydrogen) atoms. The minimum atomic E-state index is -0.359. The van der Waals surface area contributed by atoms with Crippen LogP contribution in [0.2, 0.25) is 0 Å². The summed E-state index contributed by atoms with van der Waals surface area (Å²) in [5, 5.41) is 18.8. The van der Waals surface area contributed by atoms with Gasteiger partial charge in [-0.2, -0.15) is 5.10 Å². The number of nitro groups is 1. The summed E-state index contributed by atoms with van der Waals surface area (Å²) < 4.78 is 1.69. The summed E-state index contributed by atoms with van der Waals surface area (Å²) in [6.45, 7) is 11.4. The highest BCUT2D eigenvalue weighted by Crippen LogP contribution is 2.31. The first kappa shape index (κ1) is 17.4. The third-order valence-electron chi connectivity index (χ3n) is 3.20. The molecule has 0 aromatic carbocycles. The largest absolute Gasteiger partial charge is 0.364 e. The van der Waals surface area contributed by atoms with Crippen molar-refractivity contribution in [3.8, 4) is 0 Å². The standard InChI is InChI=1S/C14H27N5O2/c1-10(2)18-13(12(19(20)21)11(3)16-18)15-8-14(4,5)9-17(6)7/h10,15H,8-9H2,1-7H3. The molecule has 0 saturated carbocycles. The summed E-state index contributed by atoms with van der Waals surface area (Å²) in [7, 11) is 4.04. The summed E-state index contributed by atoms with van der Waals surface area (Å²) in [6.07, 6.45) is 0. The third kappa shape index (κ3) is 4.42. The van der Waals surface area contributed by atoms with E-state index >= 15 is 0 Å². The topological polar surface area (TPSA) is 76.2 Å². The molecule has 0 aliphatic rings. The Morgan fingerprint density at radius 3 is 2.43 bits per heavy atom. The average molecular weight is 297 g/mol. The molecular formula is C14H27N5O2. The van der Waals surface area contributed by atoms with E-state index in [2.05, 4.69) is 29.2 Å². The van der Waals surface area contributed by atoms with Crippen LogP contribution >= 0.6 is 0 Å². The molecule has 1 aromatic heterocycles. The zero-order chi connectivity index (χ0) is 16.4. The molecule has 0 atom stereocenters. The van der Waals surface area contributed by atoms with Crippen LogP contribution < -0.4 is 5.32 Å². The van der Waals surface area contributed by atoms with Gasteiger partial charge in [0.2, 0.25) is 5.82 Å². The summed E-state index contributed by atoms with van der Waals surface area (Å²) in [6, 6.07) is 0.0665. The summed E-state index contributed by atoms with van der Waals surface area (Å²) in [4.78, 5) is 13.0. The molecule has 1 N–H and O–H groups in total. The summed E-state index contributed by atoms with van der Waals surface area (Å²) in [5.41, 5.74) is 0.517. The van der Waals surface area contributed by atoms with Crippen molar-refractivity contribution in [3.05, 3.63) is 15.8 Å². The maximum Gasteiger partial charge on any atom is 0.333 e. The van der Waals surface area contributed by atoms with Crippen molar-refractivity contribution in [3.63, 3.8) is 0 Å². The molecule has 0 spiro atoms. The lowest BCUT2D eigenvalue weighted by Gasteiger charge is -2.29. The van der Waals surface area contributed by atoms with Crippen LogP contribution in [0.1, 0.15) is 39.4 Å². The first-order valence-corrected chi connectivity index (χ1v) is 7.17. The Kier molecular flexibility index (Phi) is 5.33. The quantitative estimate of drug-likeness (QED) is 0.618. The van der Waals surface area contributed by atoms with Crippen molar-refractivity contribution in [1.29, 1.82) is 0 Å². The maximum absolute atomic E-state index is 11.3. The predicted molar refractivity (Wildman–Crippen MR) is 84.8 cm³/mol. The van der Waals surface area contributed by atoms with Gasteiger partial charge in [0.15, 0.2) is 0 Å². The van der Waals surface area contributed by atoms with Gasteiger partial charge in [-0.25, -0.2) is 4.68 Å². The van der Waals surface area contributed by atoms with Crippen LogP contribution in [-0.4, -0.2) is 46.8 Å². The smallest absolute Gasteiger partial charge is 0.333 e. The number of aromatic nitrogens is 2. The molecule has 0 unspecified atom stereocenters. The lowest BCUT2D eigenvalue weighted by Crippen LogP contribution is -2.35. The molecule has 1 rings (SSSR count). The van der Waals surface area contributed by atoms with Crippen molar-refractivity contribution in [2.45, 2.75) is 40.7 Å². The van der Waals surface area contributed by atoms with Crippen LogP contribution in [0.3, 0.4) is 0 Å². The van der Waals surface area contributed by atoms with Gasteiger partial charge in [0.05, 0.1) is 4.92 Å². The Labute approximate surface area is 126 Å². The van der Waals surface area contributed by atoms with Gasteiger partial charge in [0.25, 0.3) is 0 Å². The zero-order valence-electron chi connectivity index (χ0n) is 14.1. The second-order valence-electron chi connectivity index (χ2n) is 6.83. The Morgan fingerprint density at radius 2 is 2.00 bits per heavy atom. The van der Waals surface area contributed by atoms with E-state index in [9.17, 15) is 10.1 Å². The molecule has 0 amide bonds. The zero-order valence-corrected chi connectivity index (χ0v) is 14.1. The van der Waals surface area contributed by atoms with Crippen LogP contribution in [0, 0.1) is 22.5 Å². The van der Waals surface area contributed by atoms with Gasteiger partial charge in [-0.15, -0.1) is 0 Å². The van der Waals surface area contributed by atoms with Crippen molar-refractivity contribution in [2.24, 2.45) is 5.41 Å². The van der Waals surface area contributed by atoms with Crippen LogP contribution in [0.15, 0.2) is 0 Å². The fraction of sp³-hybridized carbons (Fsp3) is 0.786. The van der Waals surface area contributed by atoms with Crippen LogP contribution in [0.5, 0.6) is 0 Å². The molecule has 0 fully saturated rings. The van der Waals surface area contributed by atoms with Gasteiger partial charge in [-0.3, -0.25) is 10.1 Å². The first-order valence-electron chi connectivity index (χ1n) is 7.17. The fourth-order valence-corrected chi connectivity index (χ4v) is 2.53. The Balaban J connectivity index is 3.04. The second kappa shape index (κ2) is 6.43. The minimum absolute atomic E-state index is 0.00263. The van der Waals surface area contributed by atoms with Crippen molar-refractivity contribution >= 4 is 11.5 Å². The highest BCUT2D eigenvalue weighted by atomic mass is 16.6. The lowest BCUT2D eigenvalue weighted by molar-refractivity contribution is -0.384. The van der Waals surface area contributed by atoms with Gasteiger partial charge < -0.3 is 10.2 Å². The van der Waals surface area contributed by atoms with Crippen LogP contribution in [-0.2, 0) is 0 Å². The van der Waals surface area contributed by atoms with Crippen molar-refractivity contribution < 1.29 is 4.92 Å². The molecule has 0 saturated heterocycles. The van der Waals surface area contributed by atoms with Crippen molar-refractivity contribution in [1.82, 2.24) is 14.7 Å². The maximum atomic E-state index is 11.3. The summed E-state index contributed by atoms with van der Waals surface area (Å²) in [5.74, 6) is 0.499. The number of anilines is 1. The van der Waals surface area contributed by atoms with Gasteiger partial charge >= 0.3 is 5.69 Å². The van der Waals surface area contributed by atoms with E-state index < -0.39 is 0 Å². The molecule has 7 nitrogen and oxygen atoms in total. The number of nitrogens with one attached hydrogen (secondary N) is 1. The molecular weight excluding hydrogens is 270 g/mol. The van der Waals surface area contributed by atoms with E-state index in [1.165, 1.54) is 0 Å². The Bertz CT molecular complexity index is 506. The highest BCUT2D eigenvalue weighted by molar-refractivity contribution is 5.59. The Hall–Kier alpha value is -1.63. The monoisotopic (exact) mass is 297 g/mol. The van der Waals surface area contributed by atoms with Gasteiger partial charge in [0.1, 0.15) is 5.69 Å². The van der Waals surface area contributed by atoms with Crippen LogP contribution in [0.25, 0.3) is 0 Å². The van der Waals surface area contributed by atoms with Gasteiger partial charge in [0, 0.05) is 19.1 Å². The van der Waals surface area contributed by atoms with E-state index in [0.29, 0.717) is 18.1 Å². The second-order valence-corrected chi connectivity index (χ2v) is 6.83. The van der Waals surface area contributed by atoms with E-state index in [-0.39, 0.29) is 22.1 Å². The first-order chi connectivity index (χ1) is 9.55. The number of rotatable bonds is 7. The molecule has 1 heterocycles. The van der Waals surface area contributed by atoms with Crippen LogP contribution in [0.4, 0.5) is 11.5 Å². The molecule has 0 radical (unpaired) electrons. The van der Waals surface area contributed by atoms with E-state index in [0.717, 1.165) is 6.54 Å². The molecule has 0 aliphatic heterocycles. The predicted octanol–water partition coefficient (Wildman–Crippen LogP) is 2.68. The number of hydrogen-bond donors (Lipinski definition) is 1. The Morgan fingerprint density at radius 1 is 1.43 bits per heavy atom. The fourth-order valence-electron chi connectivity index (χ4n) is 2.53. The SMILES string of the molecule is Cc1nn(C(C)C)c(NCC(C)(C)CN(C)C)c1[N+](=O)[O-].